The molecule has 0 unspecified atom stereocenters. The van der Waals surface area contributed by atoms with Gasteiger partial charge in [-0.2, -0.15) is 19.7 Å². The Morgan fingerprint density at radius 2 is 1.50 bits per heavy atom. The van der Waals surface area contributed by atoms with Crippen LogP contribution in [0.1, 0.15) is 32.6 Å². The van der Waals surface area contributed by atoms with Crippen molar-refractivity contribution in [3.8, 4) is 0 Å². The fourth-order valence-electron chi connectivity index (χ4n) is 3.98. The van der Waals surface area contributed by atoms with Crippen molar-refractivity contribution in [2.75, 3.05) is 26.2 Å². The molecule has 1 aliphatic heterocycles. The number of carbonyl (C=O) groups is 1. The summed E-state index contributed by atoms with van der Waals surface area (Å²) in [6.45, 7) is 8.81. The number of amides is 1. The Morgan fingerprint density at radius 1 is 0.900 bits per heavy atom. The molecule has 1 aromatic heterocycles. The molecule has 0 saturated carbocycles. The smallest absolute Gasteiger partial charge is 0.254 e. The van der Waals surface area contributed by atoms with Crippen LogP contribution in [0.4, 0.5) is 0 Å². The number of fused-ring (bicyclic) bond motifs is 1. The lowest BCUT2D eigenvalue weighted by atomic mass is 10.0. The third-order valence-electron chi connectivity index (χ3n) is 5.98. The molecule has 2 heterocycles. The van der Waals surface area contributed by atoms with Gasteiger partial charge in [0.15, 0.2) is 0 Å². The number of nitrogens with one attached hydrogen (secondary N) is 1. The molecule has 1 saturated heterocycles. The summed E-state index contributed by atoms with van der Waals surface area (Å²) in [5.41, 5.74) is 5.36. The molecule has 30 heavy (non-hydrogen) atoms. The SMILES string of the molecule is Cc1cc(C)c(C)c(S(=O)(=O)N2CCN(C(=O)c3ccc4n[nH]nc4c3)CC2)c1C. The van der Waals surface area contributed by atoms with Gasteiger partial charge >= 0.3 is 0 Å². The van der Waals surface area contributed by atoms with Gasteiger partial charge in [0.05, 0.1) is 4.90 Å². The monoisotopic (exact) mass is 427 g/mol. The number of piperazine rings is 1. The second-order valence-electron chi connectivity index (χ2n) is 7.81. The van der Waals surface area contributed by atoms with Crippen LogP contribution in [0.25, 0.3) is 11.0 Å². The summed E-state index contributed by atoms with van der Waals surface area (Å²) in [5.74, 6) is -0.129. The molecule has 1 fully saturated rings. The average molecular weight is 428 g/mol. The zero-order chi connectivity index (χ0) is 21.6. The molecule has 8 nitrogen and oxygen atoms in total. The third-order valence-corrected chi connectivity index (χ3v) is 8.16. The van der Waals surface area contributed by atoms with Gasteiger partial charge in [-0.15, -0.1) is 0 Å². The Hall–Kier alpha value is -2.78. The lowest BCUT2D eigenvalue weighted by Crippen LogP contribution is -2.50. The van der Waals surface area contributed by atoms with E-state index >= 15 is 0 Å². The van der Waals surface area contributed by atoms with Crippen LogP contribution in [0.2, 0.25) is 0 Å². The van der Waals surface area contributed by atoms with Gasteiger partial charge in [0.25, 0.3) is 5.91 Å². The molecule has 0 spiro atoms. The fourth-order valence-corrected chi connectivity index (χ4v) is 5.98. The van der Waals surface area contributed by atoms with Crippen molar-refractivity contribution in [2.45, 2.75) is 32.6 Å². The molecule has 3 aromatic rings. The van der Waals surface area contributed by atoms with Crippen molar-refractivity contribution < 1.29 is 13.2 Å². The van der Waals surface area contributed by atoms with E-state index in [0.29, 0.717) is 34.6 Å². The van der Waals surface area contributed by atoms with E-state index in [9.17, 15) is 13.2 Å². The summed E-state index contributed by atoms with van der Waals surface area (Å²) < 4.78 is 28.3. The normalized spacial score (nSPS) is 15.7. The maximum Gasteiger partial charge on any atom is 0.254 e. The number of aryl methyl sites for hydroxylation is 2. The number of nitrogens with zero attached hydrogens (tertiary/aromatic N) is 4. The number of aromatic amines is 1. The molecule has 0 bridgehead atoms. The van der Waals surface area contributed by atoms with Crippen molar-refractivity contribution >= 4 is 27.0 Å². The zero-order valence-corrected chi connectivity index (χ0v) is 18.4. The van der Waals surface area contributed by atoms with E-state index < -0.39 is 10.0 Å². The summed E-state index contributed by atoms with van der Waals surface area (Å²) >= 11 is 0. The molecule has 9 heteroatoms. The number of hydrogen-bond donors (Lipinski definition) is 1. The second kappa shape index (κ2) is 7.48. The number of sulfonamides is 1. The Kier molecular flexibility index (Phi) is 5.11. The molecule has 0 aliphatic carbocycles. The highest BCUT2D eigenvalue weighted by Gasteiger charge is 2.33. The van der Waals surface area contributed by atoms with Gasteiger partial charge in [-0.05, 0) is 68.1 Å². The maximum absolute atomic E-state index is 13.4. The van der Waals surface area contributed by atoms with E-state index in [2.05, 4.69) is 15.4 Å². The van der Waals surface area contributed by atoms with Gasteiger partial charge in [0, 0.05) is 31.7 Å². The van der Waals surface area contributed by atoms with E-state index in [1.54, 1.807) is 23.1 Å². The molecule has 1 aliphatic rings. The molecule has 1 amide bonds. The van der Waals surface area contributed by atoms with Gasteiger partial charge in [-0.3, -0.25) is 4.79 Å². The summed E-state index contributed by atoms with van der Waals surface area (Å²) in [4.78, 5) is 15.0. The number of benzene rings is 2. The maximum atomic E-state index is 13.4. The number of hydrogen-bond acceptors (Lipinski definition) is 5. The highest BCUT2D eigenvalue weighted by Crippen LogP contribution is 2.29. The Morgan fingerprint density at radius 3 is 2.13 bits per heavy atom. The number of rotatable bonds is 3. The quantitative estimate of drug-likeness (QED) is 0.692. The third kappa shape index (κ3) is 3.37. The van der Waals surface area contributed by atoms with E-state index in [4.69, 9.17) is 0 Å². The molecule has 0 radical (unpaired) electrons. The van der Waals surface area contributed by atoms with Crippen LogP contribution in [-0.4, -0.2) is 65.1 Å². The predicted octanol–water partition coefficient (Wildman–Crippen LogP) is 2.34. The largest absolute Gasteiger partial charge is 0.336 e. The Balaban J connectivity index is 1.53. The van der Waals surface area contributed by atoms with E-state index in [-0.39, 0.29) is 19.0 Å². The highest BCUT2D eigenvalue weighted by molar-refractivity contribution is 7.89. The highest BCUT2D eigenvalue weighted by atomic mass is 32.2. The van der Waals surface area contributed by atoms with Crippen molar-refractivity contribution in [3.63, 3.8) is 0 Å². The molecule has 4 rings (SSSR count). The molecule has 1 N–H and O–H groups in total. The molecule has 0 atom stereocenters. The Bertz CT molecular complexity index is 1210. The standard InChI is InChI=1S/C21H25N5O3S/c1-13-11-14(2)16(4)20(15(13)3)30(28,29)26-9-7-25(8-10-26)21(27)17-5-6-18-19(12-17)23-24-22-18/h5-6,11-12H,7-10H2,1-4H3,(H,22,23,24). The summed E-state index contributed by atoms with van der Waals surface area (Å²) in [6.07, 6.45) is 0. The topological polar surface area (TPSA) is 99.3 Å². The Labute approximate surface area is 175 Å². The van der Waals surface area contributed by atoms with Gasteiger partial charge in [0.1, 0.15) is 11.0 Å². The van der Waals surface area contributed by atoms with Gasteiger partial charge in [-0.1, -0.05) is 6.07 Å². The lowest BCUT2D eigenvalue weighted by Gasteiger charge is -2.34. The van der Waals surface area contributed by atoms with Gasteiger partial charge in [-0.25, -0.2) is 8.42 Å². The molecular weight excluding hydrogens is 402 g/mol. The van der Waals surface area contributed by atoms with E-state index in [0.717, 1.165) is 22.3 Å². The summed E-state index contributed by atoms with van der Waals surface area (Å²) in [7, 11) is -3.63. The van der Waals surface area contributed by atoms with Crippen molar-refractivity contribution in [1.29, 1.82) is 0 Å². The predicted molar refractivity (Wildman–Crippen MR) is 114 cm³/mol. The lowest BCUT2D eigenvalue weighted by molar-refractivity contribution is 0.0698. The number of aromatic nitrogens is 3. The van der Waals surface area contributed by atoms with Gasteiger partial charge < -0.3 is 4.90 Å². The minimum Gasteiger partial charge on any atom is -0.336 e. The minimum absolute atomic E-state index is 0.129. The van der Waals surface area contributed by atoms with E-state index in [1.165, 1.54) is 4.31 Å². The van der Waals surface area contributed by atoms with Crippen LogP contribution in [0.5, 0.6) is 0 Å². The summed E-state index contributed by atoms with van der Waals surface area (Å²) in [6, 6.07) is 7.19. The first-order valence-corrected chi connectivity index (χ1v) is 11.3. The minimum atomic E-state index is -3.63. The van der Waals surface area contributed by atoms with Crippen LogP contribution in [0.3, 0.4) is 0 Å². The van der Waals surface area contributed by atoms with Crippen molar-refractivity contribution in [2.24, 2.45) is 0 Å². The van der Waals surface area contributed by atoms with Crippen LogP contribution in [-0.2, 0) is 10.0 Å². The van der Waals surface area contributed by atoms with Crippen LogP contribution in [0, 0.1) is 27.7 Å². The number of carbonyl (C=O) groups excluding carboxylic acids is 1. The molecule has 158 valence electrons. The van der Waals surface area contributed by atoms with Crippen molar-refractivity contribution in [1.82, 2.24) is 24.6 Å². The van der Waals surface area contributed by atoms with Crippen LogP contribution < -0.4 is 0 Å². The zero-order valence-electron chi connectivity index (χ0n) is 17.6. The first kappa shape index (κ1) is 20.5. The van der Waals surface area contributed by atoms with Gasteiger partial charge in [0.2, 0.25) is 10.0 Å². The first-order valence-electron chi connectivity index (χ1n) is 9.87. The number of H-pyrrole nitrogens is 1. The molecule has 2 aromatic carbocycles. The molecular formula is C21H25N5O3S. The average Bonchev–Trinajstić information content (AvgIpc) is 3.20. The summed E-state index contributed by atoms with van der Waals surface area (Å²) in [5, 5.41) is 10.6. The van der Waals surface area contributed by atoms with Crippen LogP contribution in [0.15, 0.2) is 29.2 Å². The first-order chi connectivity index (χ1) is 14.2. The van der Waals surface area contributed by atoms with E-state index in [1.807, 2.05) is 33.8 Å². The van der Waals surface area contributed by atoms with Crippen molar-refractivity contribution in [3.05, 3.63) is 52.1 Å². The van der Waals surface area contributed by atoms with Crippen LogP contribution >= 0.6 is 0 Å². The fraction of sp³-hybridized carbons (Fsp3) is 0.381. The second-order valence-corrected chi connectivity index (χ2v) is 9.69.